The van der Waals surface area contributed by atoms with Gasteiger partial charge in [-0.1, -0.05) is 25.9 Å². The third-order valence-electron chi connectivity index (χ3n) is 7.84. The number of carbonyl (C=O) groups is 2. The summed E-state index contributed by atoms with van der Waals surface area (Å²) in [6.45, 7) is 6.96. The van der Waals surface area contributed by atoms with Crippen LogP contribution in [0.2, 0.25) is 0 Å². The van der Waals surface area contributed by atoms with Crippen molar-refractivity contribution in [1.82, 2.24) is 20.4 Å². The highest BCUT2D eigenvalue weighted by Crippen LogP contribution is 2.60. The Hall–Kier alpha value is -1.92. The van der Waals surface area contributed by atoms with Gasteiger partial charge in [-0.05, 0) is 69.1 Å². The molecular weight excluding hydrogens is 380 g/mol. The molecule has 5 aliphatic rings. The summed E-state index contributed by atoms with van der Waals surface area (Å²) in [5.74, 6) is 3.39. The molecule has 1 aromatic rings. The summed E-state index contributed by atoms with van der Waals surface area (Å²) in [4.78, 5) is 33.0. The summed E-state index contributed by atoms with van der Waals surface area (Å²) in [7, 11) is 0. The second-order valence-corrected chi connectivity index (χ2v) is 11.3. The molecule has 4 bridgehead atoms. The average molecular weight is 415 g/mol. The molecule has 1 N–H and O–H groups in total. The van der Waals surface area contributed by atoms with Gasteiger partial charge in [-0.25, -0.2) is 0 Å². The standard InChI is InChI=1S/C23H34N4O3/c1-22(2,3)20-25-18(26-30-20)13-24-19(28)17-5-4-6-27(17)21(29)23-10-14-7-15(11-23)9-16(8-14)12-23/h14-17H,4-13H2,1-3H3,(H,24,28). The smallest absolute Gasteiger partial charge is 0.243 e. The van der Waals surface area contributed by atoms with E-state index >= 15 is 0 Å². The molecule has 7 nitrogen and oxygen atoms in total. The van der Waals surface area contributed by atoms with Gasteiger partial charge in [0.2, 0.25) is 17.7 Å². The Labute approximate surface area is 178 Å². The van der Waals surface area contributed by atoms with Crippen molar-refractivity contribution in [3.63, 3.8) is 0 Å². The van der Waals surface area contributed by atoms with Crippen molar-refractivity contribution in [2.24, 2.45) is 23.2 Å². The van der Waals surface area contributed by atoms with E-state index in [1.54, 1.807) is 0 Å². The number of hydrogen-bond donors (Lipinski definition) is 1. The minimum absolute atomic E-state index is 0.0901. The summed E-state index contributed by atoms with van der Waals surface area (Å²) in [5.41, 5.74) is -0.408. The number of nitrogens with zero attached hydrogens (tertiary/aromatic N) is 3. The molecule has 1 atom stereocenters. The molecule has 1 aromatic heterocycles. The summed E-state index contributed by atoms with van der Waals surface area (Å²) in [6.07, 6.45) is 8.71. The number of nitrogens with one attached hydrogen (secondary N) is 1. The summed E-state index contributed by atoms with van der Waals surface area (Å²) >= 11 is 0. The van der Waals surface area contributed by atoms with E-state index in [1.807, 2.05) is 25.7 Å². The van der Waals surface area contributed by atoms with Crippen LogP contribution in [0.15, 0.2) is 4.52 Å². The van der Waals surface area contributed by atoms with E-state index in [1.165, 1.54) is 19.3 Å². The van der Waals surface area contributed by atoms with E-state index in [9.17, 15) is 9.59 Å². The fourth-order valence-corrected chi connectivity index (χ4v) is 6.87. The van der Waals surface area contributed by atoms with Gasteiger partial charge in [-0.2, -0.15) is 4.98 Å². The Kier molecular flexibility index (Phi) is 4.71. The van der Waals surface area contributed by atoms with Crippen molar-refractivity contribution in [2.45, 2.75) is 90.1 Å². The summed E-state index contributed by atoms with van der Waals surface area (Å²) in [6, 6.07) is -0.362. The Morgan fingerprint density at radius 3 is 2.33 bits per heavy atom. The van der Waals surface area contributed by atoms with Crippen LogP contribution >= 0.6 is 0 Å². The molecule has 1 saturated heterocycles. The molecule has 0 radical (unpaired) electrons. The highest BCUT2D eigenvalue weighted by Gasteiger charge is 2.56. The van der Waals surface area contributed by atoms with Gasteiger partial charge in [0.15, 0.2) is 5.82 Å². The topological polar surface area (TPSA) is 88.3 Å². The summed E-state index contributed by atoms with van der Waals surface area (Å²) in [5, 5.41) is 6.93. The van der Waals surface area contributed by atoms with Crippen LogP contribution in [0.5, 0.6) is 0 Å². The van der Waals surface area contributed by atoms with Crippen LogP contribution in [0.25, 0.3) is 0 Å². The van der Waals surface area contributed by atoms with Crippen LogP contribution in [-0.2, 0) is 21.5 Å². The third-order valence-corrected chi connectivity index (χ3v) is 7.84. The molecule has 1 unspecified atom stereocenters. The first-order chi connectivity index (χ1) is 14.2. The number of rotatable bonds is 4. The third kappa shape index (κ3) is 3.44. The minimum atomic E-state index is -0.362. The highest BCUT2D eigenvalue weighted by molar-refractivity contribution is 5.91. The first-order valence-corrected chi connectivity index (χ1v) is 11.7. The van der Waals surface area contributed by atoms with Crippen LogP contribution in [-0.4, -0.2) is 39.4 Å². The van der Waals surface area contributed by atoms with Crippen molar-refractivity contribution in [1.29, 1.82) is 0 Å². The maximum absolute atomic E-state index is 13.7. The van der Waals surface area contributed by atoms with Crippen LogP contribution in [0.3, 0.4) is 0 Å². The van der Waals surface area contributed by atoms with Crippen molar-refractivity contribution >= 4 is 11.8 Å². The minimum Gasteiger partial charge on any atom is -0.347 e. The fourth-order valence-electron chi connectivity index (χ4n) is 6.87. The average Bonchev–Trinajstić information content (AvgIpc) is 3.34. The number of amides is 2. The number of likely N-dealkylation sites (tertiary alicyclic amines) is 1. The van der Waals surface area contributed by atoms with Gasteiger partial charge in [0.25, 0.3) is 0 Å². The van der Waals surface area contributed by atoms with Crippen LogP contribution in [0.4, 0.5) is 0 Å². The predicted molar refractivity (Wildman–Crippen MR) is 110 cm³/mol. The zero-order valence-corrected chi connectivity index (χ0v) is 18.4. The van der Waals surface area contributed by atoms with Gasteiger partial charge in [0.05, 0.1) is 12.0 Å². The lowest BCUT2D eigenvalue weighted by molar-refractivity contribution is -0.160. The normalized spacial score (nSPS) is 35.1. The van der Waals surface area contributed by atoms with E-state index in [-0.39, 0.29) is 35.2 Å². The molecule has 4 aliphatic carbocycles. The van der Waals surface area contributed by atoms with Crippen molar-refractivity contribution in [2.75, 3.05) is 6.54 Å². The maximum Gasteiger partial charge on any atom is 0.243 e. The van der Waals surface area contributed by atoms with Crippen molar-refractivity contribution < 1.29 is 14.1 Å². The lowest BCUT2D eigenvalue weighted by Crippen LogP contribution is -2.57. The molecule has 6 rings (SSSR count). The number of carbonyl (C=O) groups excluding carboxylic acids is 2. The van der Waals surface area contributed by atoms with Gasteiger partial charge >= 0.3 is 0 Å². The molecule has 0 aromatic carbocycles. The van der Waals surface area contributed by atoms with Crippen molar-refractivity contribution in [3.05, 3.63) is 11.7 Å². The zero-order valence-electron chi connectivity index (χ0n) is 18.4. The zero-order chi connectivity index (χ0) is 21.1. The maximum atomic E-state index is 13.7. The first kappa shape index (κ1) is 20.0. The lowest BCUT2D eigenvalue weighted by atomic mass is 9.49. The Morgan fingerprint density at radius 2 is 1.77 bits per heavy atom. The molecule has 4 saturated carbocycles. The van der Waals surface area contributed by atoms with E-state index in [0.29, 0.717) is 18.3 Å². The largest absolute Gasteiger partial charge is 0.347 e. The second kappa shape index (κ2) is 7.06. The summed E-state index contributed by atoms with van der Waals surface area (Å²) < 4.78 is 5.31. The molecule has 2 amide bonds. The Balaban J connectivity index is 1.24. The molecule has 5 fully saturated rings. The van der Waals surface area contributed by atoms with Gasteiger partial charge in [0, 0.05) is 12.0 Å². The molecule has 2 heterocycles. The van der Waals surface area contributed by atoms with Crippen LogP contribution in [0.1, 0.15) is 83.9 Å². The second-order valence-electron chi connectivity index (χ2n) is 11.3. The Bertz CT molecular complexity index is 804. The van der Waals surface area contributed by atoms with Gasteiger partial charge in [-0.15, -0.1) is 0 Å². The van der Waals surface area contributed by atoms with Gasteiger partial charge in [0.1, 0.15) is 6.04 Å². The monoisotopic (exact) mass is 414 g/mol. The van der Waals surface area contributed by atoms with E-state index in [4.69, 9.17) is 4.52 Å². The molecule has 0 spiro atoms. The van der Waals surface area contributed by atoms with Gasteiger partial charge < -0.3 is 14.7 Å². The van der Waals surface area contributed by atoms with Gasteiger partial charge in [-0.3, -0.25) is 9.59 Å². The van der Waals surface area contributed by atoms with E-state index in [2.05, 4.69) is 15.5 Å². The highest BCUT2D eigenvalue weighted by atomic mass is 16.5. The van der Waals surface area contributed by atoms with Crippen LogP contribution < -0.4 is 5.32 Å². The first-order valence-electron chi connectivity index (χ1n) is 11.7. The Morgan fingerprint density at radius 1 is 1.13 bits per heavy atom. The molecule has 7 heteroatoms. The molecule has 164 valence electrons. The predicted octanol–water partition coefficient (Wildman–Crippen LogP) is 3.19. The fraction of sp³-hybridized carbons (Fsp3) is 0.826. The molecule has 1 aliphatic heterocycles. The van der Waals surface area contributed by atoms with Crippen LogP contribution in [0, 0.1) is 23.2 Å². The molecule has 30 heavy (non-hydrogen) atoms. The quantitative estimate of drug-likeness (QED) is 0.817. The molecular formula is C23H34N4O3. The number of aromatic nitrogens is 2. The van der Waals surface area contributed by atoms with Crippen molar-refractivity contribution in [3.8, 4) is 0 Å². The SMILES string of the molecule is CC(C)(C)c1nc(CNC(=O)C2CCCN2C(=O)C23CC4CC(CC(C4)C2)C3)no1. The lowest BCUT2D eigenvalue weighted by Gasteiger charge is -2.56. The van der Waals surface area contributed by atoms with E-state index in [0.717, 1.165) is 49.9 Å². The van der Waals surface area contributed by atoms with E-state index < -0.39 is 0 Å². The number of hydrogen-bond acceptors (Lipinski definition) is 5.